The molecule has 1 aromatic carbocycles. The van der Waals surface area contributed by atoms with Crippen molar-refractivity contribution < 1.29 is 0 Å². The van der Waals surface area contributed by atoms with Crippen LogP contribution in [0.25, 0.3) is 11.1 Å². The Morgan fingerprint density at radius 1 is 0.765 bits per heavy atom. The molecule has 2 aromatic rings. The molecule has 0 saturated heterocycles. The van der Waals surface area contributed by atoms with Crippen molar-refractivity contribution in [3.05, 3.63) is 49.6 Å². The summed E-state index contributed by atoms with van der Waals surface area (Å²) in [5.74, 6) is 0. The number of hydrogen-bond donors (Lipinski definition) is 0. The summed E-state index contributed by atoms with van der Waals surface area (Å²) in [5, 5.41) is 1.77. The van der Waals surface area contributed by atoms with Crippen molar-refractivity contribution in [2.45, 2.75) is 0 Å². The van der Waals surface area contributed by atoms with Crippen molar-refractivity contribution >= 4 is 58.0 Å². The van der Waals surface area contributed by atoms with E-state index in [0.717, 1.165) is 0 Å². The number of aromatic nitrogens is 1. The molecule has 0 atom stereocenters. The molecule has 0 N–H and O–H groups in total. The van der Waals surface area contributed by atoms with E-state index in [0.29, 0.717) is 31.2 Å². The van der Waals surface area contributed by atoms with Crippen LogP contribution in [0.15, 0.2) is 24.4 Å². The molecule has 0 bridgehead atoms. The van der Waals surface area contributed by atoms with E-state index in [4.69, 9.17) is 58.0 Å². The average molecular weight is 327 g/mol. The zero-order chi connectivity index (χ0) is 12.6. The zero-order valence-electron chi connectivity index (χ0n) is 8.15. The molecule has 0 radical (unpaired) electrons. The maximum atomic E-state index is 6.10. The highest BCUT2D eigenvalue weighted by atomic mass is 35.5. The van der Waals surface area contributed by atoms with Crippen LogP contribution in [0, 0.1) is 0 Å². The van der Waals surface area contributed by atoms with Crippen LogP contribution < -0.4 is 0 Å². The predicted molar refractivity (Wildman–Crippen MR) is 74.7 cm³/mol. The van der Waals surface area contributed by atoms with Crippen LogP contribution in [0.3, 0.4) is 0 Å². The first-order chi connectivity index (χ1) is 8.00. The molecule has 0 fully saturated rings. The van der Waals surface area contributed by atoms with Gasteiger partial charge in [0.25, 0.3) is 0 Å². The standard InChI is InChI=1S/C11H4Cl5N/c12-7-4-9(14)8(13)3-6(7)5-1-2-17-11(16)10(5)15/h1-4H. The van der Waals surface area contributed by atoms with E-state index in [1.807, 2.05) is 0 Å². The van der Waals surface area contributed by atoms with Crippen molar-refractivity contribution in [2.75, 3.05) is 0 Å². The summed E-state index contributed by atoms with van der Waals surface area (Å²) in [6, 6.07) is 4.91. The van der Waals surface area contributed by atoms with Gasteiger partial charge in [0.05, 0.1) is 20.1 Å². The summed E-state index contributed by atoms with van der Waals surface area (Å²) in [6.07, 6.45) is 1.54. The van der Waals surface area contributed by atoms with Crippen molar-refractivity contribution in [1.29, 1.82) is 0 Å². The number of benzene rings is 1. The van der Waals surface area contributed by atoms with Crippen LogP contribution in [0.2, 0.25) is 25.2 Å². The zero-order valence-corrected chi connectivity index (χ0v) is 11.9. The molecular formula is C11H4Cl5N. The summed E-state index contributed by atoms with van der Waals surface area (Å²) in [5.41, 5.74) is 1.32. The normalized spacial score (nSPS) is 10.6. The van der Waals surface area contributed by atoms with Gasteiger partial charge < -0.3 is 0 Å². The number of hydrogen-bond acceptors (Lipinski definition) is 1. The molecule has 2 rings (SSSR count). The van der Waals surface area contributed by atoms with Crippen LogP contribution in [0.5, 0.6) is 0 Å². The first kappa shape index (κ1) is 13.3. The van der Waals surface area contributed by atoms with Gasteiger partial charge in [0.2, 0.25) is 0 Å². The number of rotatable bonds is 1. The lowest BCUT2D eigenvalue weighted by atomic mass is 10.1. The van der Waals surface area contributed by atoms with Crippen LogP contribution in [-0.2, 0) is 0 Å². The third-order valence-electron chi connectivity index (χ3n) is 2.15. The Kier molecular flexibility index (Phi) is 4.06. The van der Waals surface area contributed by atoms with E-state index in [1.165, 1.54) is 0 Å². The molecular weight excluding hydrogens is 323 g/mol. The van der Waals surface area contributed by atoms with E-state index in [1.54, 1.807) is 24.4 Å². The molecule has 0 aliphatic heterocycles. The molecule has 0 amide bonds. The minimum Gasteiger partial charge on any atom is -0.243 e. The average Bonchev–Trinajstić information content (AvgIpc) is 2.28. The fourth-order valence-electron chi connectivity index (χ4n) is 1.36. The summed E-state index contributed by atoms with van der Waals surface area (Å²) in [6.45, 7) is 0. The highest BCUT2D eigenvalue weighted by Crippen LogP contribution is 2.39. The lowest BCUT2D eigenvalue weighted by Crippen LogP contribution is -1.85. The quantitative estimate of drug-likeness (QED) is 0.461. The second kappa shape index (κ2) is 5.21. The Labute approximate surface area is 123 Å². The Hall–Kier alpha value is -0.180. The highest BCUT2D eigenvalue weighted by Gasteiger charge is 2.13. The Morgan fingerprint density at radius 3 is 2.12 bits per heavy atom. The highest BCUT2D eigenvalue weighted by molar-refractivity contribution is 6.45. The third-order valence-corrected chi connectivity index (χ3v) is 3.95. The van der Waals surface area contributed by atoms with Crippen molar-refractivity contribution in [1.82, 2.24) is 4.98 Å². The smallest absolute Gasteiger partial charge is 0.148 e. The van der Waals surface area contributed by atoms with Crippen molar-refractivity contribution in [3.63, 3.8) is 0 Å². The van der Waals surface area contributed by atoms with Gasteiger partial charge in [-0.25, -0.2) is 4.98 Å². The SMILES string of the molecule is Clc1cc(Cl)c(-c2ccnc(Cl)c2Cl)cc1Cl. The minimum absolute atomic E-state index is 0.214. The first-order valence-corrected chi connectivity index (χ1v) is 6.34. The maximum Gasteiger partial charge on any atom is 0.148 e. The van der Waals surface area contributed by atoms with Gasteiger partial charge in [-0.15, -0.1) is 0 Å². The number of pyridine rings is 1. The van der Waals surface area contributed by atoms with Crippen molar-refractivity contribution in [2.24, 2.45) is 0 Å². The molecule has 0 saturated carbocycles. The van der Waals surface area contributed by atoms with Gasteiger partial charge in [-0.1, -0.05) is 58.0 Å². The molecule has 88 valence electrons. The fourth-order valence-corrected chi connectivity index (χ4v) is 2.38. The summed E-state index contributed by atoms with van der Waals surface area (Å²) < 4.78 is 0. The van der Waals surface area contributed by atoms with E-state index in [-0.39, 0.29) is 5.15 Å². The molecule has 0 aliphatic carbocycles. The predicted octanol–water partition coefficient (Wildman–Crippen LogP) is 6.02. The monoisotopic (exact) mass is 325 g/mol. The summed E-state index contributed by atoms with van der Waals surface area (Å²) >= 11 is 29.8. The van der Waals surface area contributed by atoms with Crippen molar-refractivity contribution in [3.8, 4) is 11.1 Å². The molecule has 0 spiro atoms. The van der Waals surface area contributed by atoms with Gasteiger partial charge >= 0.3 is 0 Å². The largest absolute Gasteiger partial charge is 0.243 e. The Bertz CT molecular complexity index is 582. The van der Waals surface area contributed by atoms with E-state index < -0.39 is 0 Å². The first-order valence-electron chi connectivity index (χ1n) is 4.45. The van der Waals surface area contributed by atoms with Gasteiger partial charge in [-0.2, -0.15) is 0 Å². The lowest BCUT2D eigenvalue weighted by molar-refractivity contribution is 1.33. The van der Waals surface area contributed by atoms with Gasteiger partial charge in [0.15, 0.2) is 0 Å². The minimum atomic E-state index is 0.214. The molecule has 1 nitrogen and oxygen atoms in total. The number of halogens is 5. The number of nitrogens with zero attached hydrogens (tertiary/aromatic N) is 1. The molecule has 0 unspecified atom stereocenters. The van der Waals surface area contributed by atoms with E-state index in [2.05, 4.69) is 4.98 Å². The van der Waals surface area contributed by atoms with Crippen LogP contribution in [0.4, 0.5) is 0 Å². The summed E-state index contributed by atoms with van der Waals surface area (Å²) in [7, 11) is 0. The Balaban J connectivity index is 2.69. The molecule has 6 heteroatoms. The van der Waals surface area contributed by atoms with E-state index in [9.17, 15) is 0 Å². The topological polar surface area (TPSA) is 12.9 Å². The lowest BCUT2D eigenvalue weighted by Gasteiger charge is -2.09. The van der Waals surface area contributed by atoms with Crippen LogP contribution in [-0.4, -0.2) is 4.98 Å². The second-order valence-electron chi connectivity index (χ2n) is 3.21. The Morgan fingerprint density at radius 2 is 1.41 bits per heavy atom. The van der Waals surface area contributed by atoms with Crippen LogP contribution in [0.1, 0.15) is 0 Å². The van der Waals surface area contributed by atoms with Crippen LogP contribution >= 0.6 is 58.0 Å². The maximum absolute atomic E-state index is 6.10. The molecule has 1 heterocycles. The van der Waals surface area contributed by atoms with Gasteiger partial charge in [-0.05, 0) is 18.2 Å². The van der Waals surface area contributed by atoms with Gasteiger partial charge in [-0.3, -0.25) is 0 Å². The van der Waals surface area contributed by atoms with E-state index >= 15 is 0 Å². The second-order valence-corrected chi connectivity index (χ2v) is 5.17. The molecule has 1 aromatic heterocycles. The molecule has 0 aliphatic rings. The van der Waals surface area contributed by atoms with Gasteiger partial charge in [0, 0.05) is 17.3 Å². The fraction of sp³-hybridized carbons (Fsp3) is 0. The molecule has 17 heavy (non-hydrogen) atoms. The van der Waals surface area contributed by atoms with Gasteiger partial charge in [0.1, 0.15) is 5.15 Å². The summed E-state index contributed by atoms with van der Waals surface area (Å²) in [4.78, 5) is 3.87. The third kappa shape index (κ3) is 2.64.